The van der Waals surface area contributed by atoms with Crippen molar-refractivity contribution in [2.45, 2.75) is 32.9 Å². The number of para-hydroxylation sites is 1. The number of aliphatic carboxylic acids is 1. The molecule has 1 amide bonds. The van der Waals surface area contributed by atoms with Crippen LogP contribution in [0.1, 0.15) is 20.8 Å². The first-order chi connectivity index (χ1) is 9.34. The van der Waals surface area contributed by atoms with Crippen molar-refractivity contribution >= 4 is 17.6 Å². The molecule has 0 saturated heterocycles. The van der Waals surface area contributed by atoms with E-state index < -0.39 is 12.0 Å². The van der Waals surface area contributed by atoms with Gasteiger partial charge >= 0.3 is 5.97 Å². The minimum absolute atomic E-state index is 0.0124. The standard InChI is InChI=1S/C15H22N2O3/c1-11(2)17(13-8-6-5-7-9-13)14(18)10-16(4)12(3)15(19)20/h5-9,11-12H,10H2,1-4H3,(H,19,20). The Hall–Kier alpha value is -1.88. The number of hydrogen-bond acceptors (Lipinski definition) is 3. The Kier molecular flexibility index (Phi) is 5.70. The molecule has 1 N–H and O–H groups in total. The first kappa shape index (κ1) is 16.2. The number of amides is 1. The Balaban J connectivity index is 2.84. The quantitative estimate of drug-likeness (QED) is 0.862. The number of hydrogen-bond donors (Lipinski definition) is 1. The van der Waals surface area contributed by atoms with Gasteiger partial charge in [-0.1, -0.05) is 18.2 Å². The maximum atomic E-state index is 12.4. The van der Waals surface area contributed by atoms with E-state index in [0.29, 0.717) is 0 Å². The number of carboxylic acid groups (broad SMARTS) is 1. The topological polar surface area (TPSA) is 60.9 Å². The fourth-order valence-corrected chi connectivity index (χ4v) is 1.93. The van der Waals surface area contributed by atoms with Crippen LogP contribution in [0.3, 0.4) is 0 Å². The summed E-state index contributed by atoms with van der Waals surface area (Å²) in [6, 6.07) is 8.72. The summed E-state index contributed by atoms with van der Waals surface area (Å²) in [7, 11) is 1.64. The number of rotatable bonds is 6. The molecule has 0 radical (unpaired) electrons. The Morgan fingerprint density at radius 3 is 2.15 bits per heavy atom. The van der Waals surface area contributed by atoms with Crippen LogP contribution in [0.5, 0.6) is 0 Å². The summed E-state index contributed by atoms with van der Waals surface area (Å²) in [5, 5.41) is 8.96. The third kappa shape index (κ3) is 4.06. The number of carbonyl (C=O) groups excluding carboxylic acids is 1. The van der Waals surface area contributed by atoms with Crippen LogP contribution in [0.15, 0.2) is 30.3 Å². The van der Waals surface area contributed by atoms with Crippen LogP contribution in [0.2, 0.25) is 0 Å². The van der Waals surface area contributed by atoms with E-state index in [1.165, 1.54) is 4.90 Å². The van der Waals surface area contributed by atoms with Gasteiger partial charge < -0.3 is 10.0 Å². The molecular weight excluding hydrogens is 256 g/mol. The van der Waals surface area contributed by atoms with Gasteiger partial charge in [0.2, 0.25) is 5.91 Å². The Labute approximate surface area is 119 Å². The van der Waals surface area contributed by atoms with E-state index in [-0.39, 0.29) is 18.5 Å². The van der Waals surface area contributed by atoms with Gasteiger partial charge in [0.1, 0.15) is 6.04 Å². The van der Waals surface area contributed by atoms with Crippen LogP contribution in [0.25, 0.3) is 0 Å². The fraction of sp³-hybridized carbons (Fsp3) is 0.467. The molecule has 1 atom stereocenters. The van der Waals surface area contributed by atoms with E-state index in [0.717, 1.165) is 5.69 Å². The van der Waals surface area contributed by atoms with Gasteiger partial charge in [-0.2, -0.15) is 0 Å². The second-order valence-corrected chi connectivity index (χ2v) is 5.12. The average molecular weight is 278 g/mol. The van der Waals surface area contributed by atoms with E-state index in [1.807, 2.05) is 44.2 Å². The Morgan fingerprint density at radius 2 is 1.70 bits per heavy atom. The molecule has 110 valence electrons. The molecule has 0 aliphatic rings. The minimum Gasteiger partial charge on any atom is -0.480 e. The van der Waals surface area contributed by atoms with Crippen molar-refractivity contribution in [1.82, 2.24) is 4.90 Å². The first-order valence-electron chi connectivity index (χ1n) is 6.64. The van der Waals surface area contributed by atoms with Gasteiger partial charge in [0.05, 0.1) is 6.54 Å². The van der Waals surface area contributed by atoms with Crippen LogP contribution in [-0.2, 0) is 9.59 Å². The second kappa shape index (κ2) is 7.05. The van der Waals surface area contributed by atoms with Crippen LogP contribution >= 0.6 is 0 Å². The lowest BCUT2D eigenvalue weighted by Crippen LogP contribution is -2.46. The molecule has 5 heteroatoms. The van der Waals surface area contributed by atoms with E-state index >= 15 is 0 Å². The number of likely N-dealkylation sites (N-methyl/N-ethyl adjacent to an activating group) is 1. The fourth-order valence-electron chi connectivity index (χ4n) is 1.93. The van der Waals surface area contributed by atoms with Crippen molar-refractivity contribution < 1.29 is 14.7 Å². The summed E-state index contributed by atoms with van der Waals surface area (Å²) < 4.78 is 0. The van der Waals surface area contributed by atoms with Crippen molar-refractivity contribution in [2.24, 2.45) is 0 Å². The van der Waals surface area contributed by atoms with Crippen LogP contribution < -0.4 is 4.90 Å². The molecular formula is C15H22N2O3. The van der Waals surface area contributed by atoms with Crippen LogP contribution in [-0.4, -0.2) is 47.6 Å². The zero-order valence-electron chi connectivity index (χ0n) is 12.4. The molecule has 0 aliphatic carbocycles. The number of benzene rings is 1. The summed E-state index contributed by atoms with van der Waals surface area (Å²) in [5.41, 5.74) is 0.823. The predicted molar refractivity (Wildman–Crippen MR) is 78.8 cm³/mol. The Bertz CT molecular complexity index is 459. The average Bonchev–Trinajstić information content (AvgIpc) is 2.38. The van der Waals surface area contributed by atoms with Crippen molar-refractivity contribution in [3.05, 3.63) is 30.3 Å². The number of anilines is 1. The molecule has 1 unspecified atom stereocenters. The summed E-state index contributed by atoms with van der Waals surface area (Å²) in [5.74, 6) is -1.04. The molecule has 1 rings (SSSR count). The van der Waals surface area contributed by atoms with Gasteiger partial charge in [0.15, 0.2) is 0 Å². The van der Waals surface area contributed by atoms with Crippen molar-refractivity contribution in [3.8, 4) is 0 Å². The molecule has 20 heavy (non-hydrogen) atoms. The normalized spacial score (nSPS) is 12.5. The largest absolute Gasteiger partial charge is 0.480 e. The van der Waals surface area contributed by atoms with E-state index in [9.17, 15) is 9.59 Å². The smallest absolute Gasteiger partial charge is 0.320 e. The molecule has 5 nitrogen and oxygen atoms in total. The monoisotopic (exact) mass is 278 g/mol. The lowest BCUT2D eigenvalue weighted by Gasteiger charge is -2.30. The second-order valence-electron chi connectivity index (χ2n) is 5.12. The maximum Gasteiger partial charge on any atom is 0.320 e. The van der Waals surface area contributed by atoms with E-state index in [4.69, 9.17) is 5.11 Å². The van der Waals surface area contributed by atoms with Crippen LogP contribution in [0.4, 0.5) is 5.69 Å². The third-order valence-electron chi connectivity index (χ3n) is 3.22. The highest BCUT2D eigenvalue weighted by Crippen LogP contribution is 2.17. The molecule has 1 aromatic rings. The highest BCUT2D eigenvalue weighted by molar-refractivity contribution is 5.95. The lowest BCUT2D eigenvalue weighted by molar-refractivity contribution is -0.142. The Morgan fingerprint density at radius 1 is 1.15 bits per heavy atom. The molecule has 0 bridgehead atoms. The van der Waals surface area contributed by atoms with Gasteiger partial charge in [-0.05, 0) is 40.0 Å². The van der Waals surface area contributed by atoms with E-state index in [1.54, 1.807) is 18.9 Å². The highest BCUT2D eigenvalue weighted by atomic mass is 16.4. The van der Waals surface area contributed by atoms with Gasteiger partial charge in [0.25, 0.3) is 0 Å². The zero-order chi connectivity index (χ0) is 15.3. The van der Waals surface area contributed by atoms with E-state index in [2.05, 4.69) is 0 Å². The third-order valence-corrected chi connectivity index (χ3v) is 3.22. The van der Waals surface area contributed by atoms with Gasteiger partial charge in [-0.3, -0.25) is 14.5 Å². The van der Waals surface area contributed by atoms with Crippen molar-refractivity contribution in [1.29, 1.82) is 0 Å². The molecule has 1 aromatic carbocycles. The van der Waals surface area contributed by atoms with Crippen molar-refractivity contribution in [3.63, 3.8) is 0 Å². The highest BCUT2D eigenvalue weighted by Gasteiger charge is 2.24. The molecule has 0 aliphatic heterocycles. The summed E-state index contributed by atoms with van der Waals surface area (Å²) in [6.07, 6.45) is 0. The maximum absolute atomic E-state index is 12.4. The lowest BCUT2D eigenvalue weighted by atomic mass is 10.2. The SMILES string of the molecule is CC(C(=O)O)N(C)CC(=O)N(c1ccccc1)C(C)C. The molecule has 0 aromatic heterocycles. The first-order valence-corrected chi connectivity index (χ1v) is 6.64. The molecule has 0 spiro atoms. The van der Waals surface area contributed by atoms with Gasteiger partial charge in [-0.25, -0.2) is 0 Å². The molecule has 0 heterocycles. The van der Waals surface area contributed by atoms with Crippen molar-refractivity contribution in [2.75, 3.05) is 18.5 Å². The summed E-state index contributed by atoms with van der Waals surface area (Å²) in [6.45, 7) is 5.51. The van der Waals surface area contributed by atoms with Crippen LogP contribution in [0, 0.1) is 0 Å². The molecule has 0 fully saturated rings. The summed E-state index contributed by atoms with van der Waals surface area (Å²) >= 11 is 0. The zero-order valence-corrected chi connectivity index (χ0v) is 12.4. The predicted octanol–water partition coefficient (Wildman–Crippen LogP) is 1.83. The number of carbonyl (C=O) groups is 2. The van der Waals surface area contributed by atoms with Gasteiger partial charge in [0, 0.05) is 11.7 Å². The summed E-state index contributed by atoms with van der Waals surface area (Å²) in [4.78, 5) is 26.6. The number of nitrogens with zero attached hydrogens (tertiary/aromatic N) is 2. The van der Waals surface area contributed by atoms with Gasteiger partial charge in [-0.15, -0.1) is 0 Å². The minimum atomic E-state index is -0.934. The molecule has 0 saturated carbocycles. The number of carboxylic acids is 1.